The van der Waals surface area contributed by atoms with E-state index < -0.39 is 0 Å². The van der Waals surface area contributed by atoms with Gasteiger partial charge in [-0.2, -0.15) is 9.67 Å². The SMILES string of the molecule is Cc1nc(-c2cccc(NC(=O)c3sccc3-n3cnnn3)c2)no1. The Morgan fingerprint density at radius 3 is 3.00 bits per heavy atom. The van der Waals surface area contributed by atoms with Gasteiger partial charge >= 0.3 is 0 Å². The first kappa shape index (κ1) is 15.1. The van der Waals surface area contributed by atoms with Gasteiger partial charge in [-0.05, 0) is 34.0 Å². The lowest BCUT2D eigenvalue weighted by Crippen LogP contribution is -2.13. The molecule has 0 bridgehead atoms. The zero-order valence-corrected chi connectivity index (χ0v) is 13.8. The van der Waals surface area contributed by atoms with E-state index >= 15 is 0 Å². The number of nitrogens with zero attached hydrogens (tertiary/aromatic N) is 6. The maximum Gasteiger partial charge on any atom is 0.267 e. The molecule has 4 rings (SSSR count). The van der Waals surface area contributed by atoms with Crippen molar-refractivity contribution in [1.82, 2.24) is 30.3 Å². The predicted octanol–water partition coefficient (Wildman–Crippen LogP) is 2.33. The molecule has 0 aliphatic carbocycles. The summed E-state index contributed by atoms with van der Waals surface area (Å²) in [6.07, 6.45) is 1.44. The van der Waals surface area contributed by atoms with Crippen LogP contribution in [0.15, 0.2) is 46.6 Å². The van der Waals surface area contributed by atoms with Crippen molar-refractivity contribution < 1.29 is 9.32 Å². The molecule has 1 amide bonds. The molecular formula is C15H11N7O2S. The third-order valence-corrected chi connectivity index (χ3v) is 4.26. The number of benzene rings is 1. The van der Waals surface area contributed by atoms with Crippen molar-refractivity contribution in [1.29, 1.82) is 0 Å². The van der Waals surface area contributed by atoms with Crippen LogP contribution >= 0.6 is 11.3 Å². The Kier molecular flexibility index (Phi) is 3.78. The quantitative estimate of drug-likeness (QED) is 0.599. The number of thiophene rings is 1. The molecule has 0 aliphatic rings. The third-order valence-electron chi connectivity index (χ3n) is 3.35. The summed E-state index contributed by atoms with van der Waals surface area (Å²) >= 11 is 1.31. The summed E-state index contributed by atoms with van der Waals surface area (Å²) in [7, 11) is 0. The summed E-state index contributed by atoms with van der Waals surface area (Å²) in [6, 6.07) is 9.02. The van der Waals surface area contributed by atoms with Gasteiger partial charge in [-0.25, -0.2) is 0 Å². The van der Waals surface area contributed by atoms with Gasteiger partial charge in [-0.15, -0.1) is 16.4 Å². The molecule has 25 heavy (non-hydrogen) atoms. The molecule has 0 saturated heterocycles. The smallest absolute Gasteiger partial charge is 0.267 e. The molecule has 3 aromatic heterocycles. The van der Waals surface area contributed by atoms with E-state index in [1.165, 1.54) is 22.3 Å². The molecule has 0 atom stereocenters. The fourth-order valence-electron chi connectivity index (χ4n) is 2.26. The molecule has 0 radical (unpaired) electrons. The van der Waals surface area contributed by atoms with Gasteiger partial charge in [0.05, 0.1) is 5.69 Å². The summed E-state index contributed by atoms with van der Waals surface area (Å²) < 4.78 is 6.44. The van der Waals surface area contributed by atoms with Gasteiger partial charge in [0.2, 0.25) is 11.7 Å². The Bertz CT molecular complexity index is 1020. The van der Waals surface area contributed by atoms with Gasteiger partial charge in [0.15, 0.2) is 0 Å². The number of amides is 1. The summed E-state index contributed by atoms with van der Waals surface area (Å²) in [5, 5.41) is 19.6. The Morgan fingerprint density at radius 1 is 1.32 bits per heavy atom. The largest absolute Gasteiger partial charge is 0.339 e. The molecule has 0 spiro atoms. The number of tetrazole rings is 1. The van der Waals surface area contributed by atoms with Crippen molar-refractivity contribution >= 4 is 22.9 Å². The van der Waals surface area contributed by atoms with Crippen molar-refractivity contribution in [3.05, 3.63) is 52.8 Å². The Labute approximate surface area is 145 Å². The van der Waals surface area contributed by atoms with Gasteiger partial charge in [-0.3, -0.25) is 4.79 Å². The van der Waals surface area contributed by atoms with Crippen LogP contribution < -0.4 is 5.32 Å². The van der Waals surface area contributed by atoms with E-state index in [9.17, 15) is 4.79 Å². The van der Waals surface area contributed by atoms with E-state index in [0.717, 1.165) is 5.56 Å². The first-order chi connectivity index (χ1) is 12.2. The predicted molar refractivity (Wildman–Crippen MR) is 89.5 cm³/mol. The van der Waals surface area contributed by atoms with Crippen molar-refractivity contribution in [3.63, 3.8) is 0 Å². The molecule has 0 saturated carbocycles. The van der Waals surface area contributed by atoms with Gasteiger partial charge in [0, 0.05) is 18.2 Å². The van der Waals surface area contributed by atoms with Gasteiger partial charge in [-0.1, -0.05) is 17.3 Å². The van der Waals surface area contributed by atoms with Crippen molar-refractivity contribution in [2.75, 3.05) is 5.32 Å². The molecule has 4 aromatic rings. The number of carbonyl (C=O) groups is 1. The number of anilines is 1. The van der Waals surface area contributed by atoms with Crippen molar-refractivity contribution in [2.45, 2.75) is 6.92 Å². The lowest BCUT2D eigenvalue weighted by molar-refractivity contribution is 0.103. The van der Waals surface area contributed by atoms with Crippen LogP contribution in [0.3, 0.4) is 0 Å². The van der Waals surface area contributed by atoms with Crippen LogP contribution in [0.25, 0.3) is 17.1 Å². The molecule has 1 aromatic carbocycles. The first-order valence-electron chi connectivity index (χ1n) is 7.23. The van der Waals surface area contributed by atoms with Crippen LogP contribution in [0.5, 0.6) is 0 Å². The summed E-state index contributed by atoms with van der Waals surface area (Å²) in [6.45, 7) is 1.72. The first-order valence-corrected chi connectivity index (χ1v) is 8.11. The monoisotopic (exact) mass is 353 g/mol. The maximum atomic E-state index is 12.6. The molecule has 0 fully saturated rings. The number of aryl methyl sites for hydroxylation is 1. The maximum absolute atomic E-state index is 12.6. The number of hydrogen-bond acceptors (Lipinski definition) is 8. The Balaban J connectivity index is 1.59. The average Bonchev–Trinajstić information content (AvgIpc) is 3.36. The Morgan fingerprint density at radius 2 is 2.24 bits per heavy atom. The molecular weight excluding hydrogens is 342 g/mol. The van der Waals surface area contributed by atoms with Crippen molar-refractivity contribution in [3.8, 4) is 17.1 Å². The summed E-state index contributed by atoms with van der Waals surface area (Å²) in [4.78, 5) is 17.3. The number of carbonyl (C=O) groups excluding carboxylic acids is 1. The highest BCUT2D eigenvalue weighted by Gasteiger charge is 2.16. The second kappa shape index (κ2) is 6.24. The number of hydrogen-bond donors (Lipinski definition) is 1. The normalized spacial score (nSPS) is 10.8. The molecule has 1 N–H and O–H groups in total. The van der Waals surface area contributed by atoms with E-state index in [2.05, 4.69) is 31.0 Å². The lowest BCUT2D eigenvalue weighted by Gasteiger charge is -2.06. The average molecular weight is 353 g/mol. The molecule has 0 aliphatic heterocycles. The molecule has 3 heterocycles. The second-order valence-corrected chi connectivity index (χ2v) is 5.98. The van der Waals surface area contributed by atoms with E-state index in [0.29, 0.717) is 28.0 Å². The number of rotatable bonds is 4. The highest BCUT2D eigenvalue weighted by molar-refractivity contribution is 7.12. The van der Waals surface area contributed by atoms with Crippen molar-refractivity contribution in [2.24, 2.45) is 0 Å². The number of nitrogens with one attached hydrogen (secondary N) is 1. The van der Waals surface area contributed by atoms with E-state index in [-0.39, 0.29) is 5.91 Å². The van der Waals surface area contributed by atoms with Gasteiger partial charge in [0.1, 0.15) is 11.2 Å². The Hall–Kier alpha value is -3.40. The van der Waals surface area contributed by atoms with E-state index in [4.69, 9.17) is 4.52 Å². The molecule has 10 heteroatoms. The second-order valence-electron chi connectivity index (χ2n) is 5.06. The summed E-state index contributed by atoms with van der Waals surface area (Å²) in [5.74, 6) is 0.704. The van der Waals surface area contributed by atoms with Crippen LogP contribution in [0.2, 0.25) is 0 Å². The zero-order chi connectivity index (χ0) is 17.2. The highest BCUT2D eigenvalue weighted by atomic mass is 32.1. The van der Waals surface area contributed by atoms with E-state index in [1.54, 1.807) is 25.1 Å². The minimum absolute atomic E-state index is 0.248. The van der Waals surface area contributed by atoms with Gasteiger partial charge < -0.3 is 9.84 Å². The fraction of sp³-hybridized carbons (Fsp3) is 0.0667. The minimum atomic E-state index is -0.248. The highest BCUT2D eigenvalue weighted by Crippen LogP contribution is 2.24. The van der Waals surface area contributed by atoms with Crippen LogP contribution in [-0.2, 0) is 0 Å². The molecule has 9 nitrogen and oxygen atoms in total. The lowest BCUT2D eigenvalue weighted by atomic mass is 10.2. The standard InChI is InChI=1S/C15H11N7O2S/c1-9-17-14(19-24-9)10-3-2-4-11(7-10)18-15(23)13-12(5-6-25-13)22-8-16-20-21-22/h2-8H,1H3,(H,18,23). The zero-order valence-electron chi connectivity index (χ0n) is 12.9. The molecule has 124 valence electrons. The van der Waals surface area contributed by atoms with Gasteiger partial charge in [0.25, 0.3) is 5.91 Å². The van der Waals surface area contributed by atoms with Crippen LogP contribution in [-0.4, -0.2) is 36.3 Å². The van der Waals surface area contributed by atoms with Crippen LogP contribution in [0.1, 0.15) is 15.6 Å². The van der Waals surface area contributed by atoms with Crippen LogP contribution in [0.4, 0.5) is 5.69 Å². The van der Waals surface area contributed by atoms with E-state index in [1.807, 2.05) is 17.5 Å². The summed E-state index contributed by atoms with van der Waals surface area (Å²) in [5.41, 5.74) is 2.00. The minimum Gasteiger partial charge on any atom is -0.339 e. The number of aromatic nitrogens is 6. The fourth-order valence-corrected chi connectivity index (χ4v) is 3.04. The third kappa shape index (κ3) is 3.02. The topological polar surface area (TPSA) is 112 Å². The van der Waals surface area contributed by atoms with Crippen LogP contribution in [0, 0.1) is 6.92 Å². The molecule has 0 unspecified atom stereocenters.